The van der Waals surface area contributed by atoms with E-state index in [9.17, 15) is 14.4 Å². The molecule has 3 aromatic carbocycles. The number of rotatable bonds is 12. The molecule has 2 heterocycles. The molecule has 206 valence electrons. The molecule has 0 saturated carbocycles. The number of benzene rings is 3. The van der Waals surface area contributed by atoms with Gasteiger partial charge in [0.15, 0.2) is 5.78 Å². The lowest BCUT2D eigenvalue weighted by molar-refractivity contribution is -0.133. The molecule has 1 aromatic heterocycles. The summed E-state index contributed by atoms with van der Waals surface area (Å²) in [6.45, 7) is 2.06. The van der Waals surface area contributed by atoms with Crippen molar-refractivity contribution in [3.8, 4) is 0 Å². The summed E-state index contributed by atoms with van der Waals surface area (Å²) in [4.78, 5) is 44.0. The highest BCUT2D eigenvalue weighted by Gasteiger charge is 2.50. The van der Waals surface area contributed by atoms with Gasteiger partial charge in [0, 0.05) is 23.5 Å². The maximum Gasteiger partial charge on any atom is 0.243 e. The van der Waals surface area contributed by atoms with Crippen LogP contribution < -0.4 is 16.0 Å². The highest BCUT2D eigenvalue weighted by Crippen LogP contribution is 2.29. The van der Waals surface area contributed by atoms with Crippen molar-refractivity contribution in [1.82, 2.24) is 20.9 Å². The number of para-hydroxylation sites is 1. The summed E-state index contributed by atoms with van der Waals surface area (Å²) < 4.78 is 5.43. The van der Waals surface area contributed by atoms with Crippen molar-refractivity contribution in [2.45, 2.75) is 43.5 Å². The first-order valence-electron chi connectivity index (χ1n) is 13.5. The van der Waals surface area contributed by atoms with Gasteiger partial charge in [-0.1, -0.05) is 78.9 Å². The zero-order valence-corrected chi connectivity index (χ0v) is 22.6. The lowest BCUT2D eigenvalue weighted by Gasteiger charge is -2.26. The molecule has 8 nitrogen and oxygen atoms in total. The Kier molecular flexibility index (Phi) is 8.09. The number of amides is 2. The fraction of sp³-hybridized carbons (Fsp3) is 0.281. The minimum absolute atomic E-state index is 0.181. The number of carbonyl (C=O) groups excluding carboxylic acids is 3. The second kappa shape index (κ2) is 11.9. The average molecular weight is 539 g/mol. The zero-order chi connectivity index (χ0) is 28.1. The van der Waals surface area contributed by atoms with Gasteiger partial charge in [0.05, 0.1) is 12.6 Å². The molecule has 0 radical (unpaired) electrons. The maximum absolute atomic E-state index is 13.9. The second-order valence-corrected chi connectivity index (χ2v) is 10.4. The molecule has 1 fully saturated rings. The standard InChI is InChI=1S/C32H34N4O4/c1-32(20-40-32)29(37)26(17-21-11-5-3-6-12-21)35-30(38)27(18-23-19-34-25-16-10-9-15-24(23)25)36-31(39)28(33-2)22-13-7-4-8-14-22/h3-16,19,26-28,33-34H,17-18,20H2,1-2H3,(H,35,38)(H,36,39)/t26?,27?,28?,32-/m1/s1. The lowest BCUT2D eigenvalue weighted by atomic mass is 9.94. The molecule has 0 spiro atoms. The van der Waals surface area contributed by atoms with Crippen molar-refractivity contribution >= 4 is 28.5 Å². The van der Waals surface area contributed by atoms with Gasteiger partial charge in [0.25, 0.3) is 0 Å². The summed E-state index contributed by atoms with van der Waals surface area (Å²) in [6.07, 6.45) is 2.42. The maximum atomic E-state index is 13.9. The second-order valence-electron chi connectivity index (χ2n) is 10.4. The molecule has 4 atom stereocenters. The van der Waals surface area contributed by atoms with Gasteiger partial charge in [-0.25, -0.2) is 0 Å². The van der Waals surface area contributed by atoms with Gasteiger partial charge >= 0.3 is 0 Å². The number of aromatic nitrogens is 1. The third-order valence-corrected chi connectivity index (χ3v) is 7.43. The number of carbonyl (C=O) groups is 3. The number of Topliss-reactive ketones (excluding diaryl/α,β-unsaturated/α-hetero) is 1. The van der Waals surface area contributed by atoms with E-state index in [1.807, 2.05) is 91.1 Å². The van der Waals surface area contributed by atoms with Crippen LogP contribution in [0.25, 0.3) is 10.9 Å². The van der Waals surface area contributed by atoms with Crippen LogP contribution in [0.2, 0.25) is 0 Å². The van der Waals surface area contributed by atoms with Gasteiger partial charge in [0.1, 0.15) is 17.7 Å². The summed E-state index contributed by atoms with van der Waals surface area (Å²) in [6, 6.07) is 24.3. The molecule has 4 aromatic rings. The number of hydrogen-bond donors (Lipinski definition) is 4. The summed E-state index contributed by atoms with van der Waals surface area (Å²) in [5.74, 6) is -0.948. The number of fused-ring (bicyclic) bond motifs is 1. The van der Waals surface area contributed by atoms with Gasteiger partial charge in [-0.2, -0.15) is 0 Å². The molecule has 3 unspecified atom stereocenters. The van der Waals surface area contributed by atoms with Crippen LogP contribution in [0.1, 0.15) is 29.7 Å². The van der Waals surface area contributed by atoms with Gasteiger partial charge in [-0.15, -0.1) is 0 Å². The van der Waals surface area contributed by atoms with Crippen LogP contribution in [-0.2, 0) is 32.0 Å². The van der Waals surface area contributed by atoms with E-state index in [0.717, 1.165) is 27.6 Å². The molecule has 40 heavy (non-hydrogen) atoms. The van der Waals surface area contributed by atoms with E-state index in [1.165, 1.54) is 0 Å². The SMILES string of the molecule is CNC(C(=O)NC(Cc1c[nH]c2ccccc12)C(=O)NC(Cc1ccccc1)C(=O)[C@@]1(C)CO1)c1ccccc1. The van der Waals surface area contributed by atoms with Crippen molar-refractivity contribution in [3.63, 3.8) is 0 Å². The van der Waals surface area contributed by atoms with Crippen LogP contribution in [0.4, 0.5) is 0 Å². The Balaban J connectivity index is 1.42. The van der Waals surface area contributed by atoms with E-state index in [1.54, 1.807) is 14.0 Å². The Labute approximate surface area is 233 Å². The molecule has 1 saturated heterocycles. The van der Waals surface area contributed by atoms with Crippen molar-refractivity contribution < 1.29 is 19.1 Å². The van der Waals surface area contributed by atoms with E-state index in [2.05, 4.69) is 20.9 Å². The Morgan fingerprint density at radius 1 is 0.850 bits per heavy atom. The number of ether oxygens (including phenoxy) is 1. The predicted octanol–water partition coefficient (Wildman–Crippen LogP) is 3.24. The minimum Gasteiger partial charge on any atom is -0.361 e. The quantitative estimate of drug-likeness (QED) is 0.207. The van der Waals surface area contributed by atoms with Crippen molar-refractivity contribution in [1.29, 1.82) is 0 Å². The Hall–Kier alpha value is -4.27. The predicted molar refractivity (Wildman–Crippen MR) is 154 cm³/mol. The molecule has 4 N–H and O–H groups in total. The molecule has 2 amide bonds. The fourth-order valence-electron chi connectivity index (χ4n) is 5.03. The third-order valence-electron chi connectivity index (χ3n) is 7.43. The topological polar surface area (TPSA) is 116 Å². The first kappa shape index (κ1) is 27.3. The van der Waals surface area contributed by atoms with E-state index in [-0.39, 0.29) is 18.1 Å². The smallest absolute Gasteiger partial charge is 0.243 e. The Bertz CT molecular complexity index is 1480. The largest absolute Gasteiger partial charge is 0.361 e. The van der Waals surface area contributed by atoms with E-state index < -0.39 is 29.6 Å². The molecular formula is C32H34N4O4. The number of ketones is 1. The van der Waals surface area contributed by atoms with Gasteiger partial charge < -0.3 is 25.7 Å². The fourth-order valence-corrected chi connectivity index (χ4v) is 5.03. The zero-order valence-electron chi connectivity index (χ0n) is 22.6. The van der Waals surface area contributed by atoms with Gasteiger partial charge in [-0.3, -0.25) is 14.4 Å². The normalized spacial score (nSPS) is 18.4. The van der Waals surface area contributed by atoms with Crippen molar-refractivity contribution in [2.24, 2.45) is 0 Å². The van der Waals surface area contributed by atoms with Crippen molar-refractivity contribution in [3.05, 3.63) is 108 Å². The van der Waals surface area contributed by atoms with Crippen LogP contribution in [0, 0.1) is 0 Å². The number of nitrogens with one attached hydrogen (secondary N) is 4. The average Bonchev–Trinajstić information content (AvgIpc) is 3.61. The Morgan fingerprint density at radius 2 is 1.48 bits per heavy atom. The summed E-state index contributed by atoms with van der Waals surface area (Å²) in [7, 11) is 1.71. The molecule has 1 aliphatic rings. The summed E-state index contributed by atoms with van der Waals surface area (Å²) in [5, 5.41) is 9.94. The molecule has 5 rings (SSSR count). The van der Waals surface area contributed by atoms with E-state index in [0.29, 0.717) is 13.0 Å². The summed E-state index contributed by atoms with van der Waals surface area (Å²) >= 11 is 0. The van der Waals surface area contributed by atoms with Crippen LogP contribution in [0.5, 0.6) is 0 Å². The number of likely N-dealkylation sites (N-methyl/N-ethyl adjacent to an activating group) is 1. The first-order chi connectivity index (χ1) is 19.4. The minimum atomic E-state index is -0.926. The first-order valence-corrected chi connectivity index (χ1v) is 13.5. The van der Waals surface area contributed by atoms with Gasteiger partial charge in [-0.05, 0) is 43.1 Å². The van der Waals surface area contributed by atoms with E-state index in [4.69, 9.17) is 4.74 Å². The number of epoxide rings is 1. The van der Waals surface area contributed by atoms with Crippen LogP contribution in [0.15, 0.2) is 91.1 Å². The highest BCUT2D eigenvalue weighted by atomic mass is 16.6. The number of hydrogen-bond acceptors (Lipinski definition) is 5. The molecule has 0 aliphatic carbocycles. The van der Waals surface area contributed by atoms with Crippen LogP contribution in [-0.4, -0.2) is 53.9 Å². The number of aromatic amines is 1. The van der Waals surface area contributed by atoms with E-state index >= 15 is 0 Å². The highest BCUT2D eigenvalue weighted by molar-refractivity contribution is 5.98. The van der Waals surface area contributed by atoms with Crippen LogP contribution >= 0.6 is 0 Å². The third kappa shape index (κ3) is 6.14. The van der Waals surface area contributed by atoms with Gasteiger partial charge in [0.2, 0.25) is 11.8 Å². The Morgan fingerprint density at radius 3 is 2.15 bits per heavy atom. The molecule has 0 bridgehead atoms. The van der Waals surface area contributed by atoms with Crippen molar-refractivity contribution in [2.75, 3.05) is 13.7 Å². The molecule has 1 aliphatic heterocycles. The van der Waals surface area contributed by atoms with Crippen LogP contribution in [0.3, 0.4) is 0 Å². The number of H-pyrrole nitrogens is 1. The summed E-state index contributed by atoms with van der Waals surface area (Å²) in [5.41, 5.74) is 2.62. The molecule has 8 heteroatoms. The lowest BCUT2D eigenvalue weighted by Crippen LogP contribution is -2.55. The monoisotopic (exact) mass is 538 g/mol. The molecular weight excluding hydrogens is 504 g/mol.